The van der Waals surface area contributed by atoms with Crippen LogP contribution in [0.3, 0.4) is 0 Å². The molecule has 90 valence electrons. The van der Waals surface area contributed by atoms with Crippen molar-refractivity contribution in [1.29, 1.82) is 0 Å². The van der Waals surface area contributed by atoms with Gasteiger partial charge in [-0.05, 0) is 17.7 Å². The van der Waals surface area contributed by atoms with Crippen LogP contribution in [-0.4, -0.2) is 10.1 Å². The monoisotopic (exact) mass is 241 g/mol. The Morgan fingerprint density at radius 3 is 2.83 bits per heavy atom. The van der Waals surface area contributed by atoms with Gasteiger partial charge in [-0.1, -0.05) is 23.4 Å². The molecule has 2 heterocycles. The van der Waals surface area contributed by atoms with Crippen LogP contribution in [0.1, 0.15) is 11.5 Å². The Hall–Kier alpha value is -2.56. The van der Waals surface area contributed by atoms with Gasteiger partial charge < -0.3 is 14.7 Å². The number of hydrogen-bond acceptors (Lipinski definition) is 5. The van der Waals surface area contributed by atoms with Gasteiger partial charge >= 0.3 is 0 Å². The van der Waals surface area contributed by atoms with Crippen LogP contribution in [0.15, 0.2) is 51.8 Å². The maximum atomic E-state index is 5.86. The first kappa shape index (κ1) is 10.6. The van der Waals surface area contributed by atoms with E-state index in [0.29, 0.717) is 18.1 Å². The van der Waals surface area contributed by atoms with Gasteiger partial charge in [0.05, 0.1) is 18.2 Å². The topological polar surface area (TPSA) is 78.1 Å². The van der Waals surface area contributed by atoms with E-state index >= 15 is 0 Å². The number of nitrogens with zero attached hydrogens (tertiary/aromatic N) is 2. The summed E-state index contributed by atoms with van der Waals surface area (Å²) in [4.78, 5) is 4.30. The predicted molar refractivity (Wildman–Crippen MR) is 65.7 cm³/mol. The third-order valence-electron chi connectivity index (χ3n) is 2.64. The van der Waals surface area contributed by atoms with E-state index < -0.39 is 0 Å². The molecule has 0 saturated heterocycles. The summed E-state index contributed by atoms with van der Waals surface area (Å²) in [5, 5.41) is 3.90. The zero-order valence-electron chi connectivity index (χ0n) is 9.54. The van der Waals surface area contributed by atoms with Crippen LogP contribution in [0.2, 0.25) is 0 Å². The molecule has 0 spiro atoms. The minimum atomic E-state index is 0.522. The maximum Gasteiger partial charge on any atom is 0.231 e. The molecule has 2 aromatic heterocycles. The highest BCUT2D eigenvalue weighted by Crippen LogP contribution is 2.19. The molecule has 1 aromatic carbocycles. The molecule has 0 radical (unpaired) electrons. The SMILES string of the molecule is Nc1ccccc1Cc1nc(-c2ccoc2)no1. The summed E-state index contributed by atoms with van der Waals surface area (Å²) in [5.74, 6) is 1.05. The number of nitrogens with two attached hydrogens (primary N) is 1. The van der Waals surface area contributed by atoms with E-state index in [4.69, 9.17) is 14.7 Å². The molecule has 0 atom stereocenters. The molecule has 0 amide bonds. The van der Waals surface area contributed by atoms with E-state index in [1.54, 1.807) is 18.6 Å². The predicted octanol–water partition coefficient (Wildman–Crippen LogP) is 2.50. The number of nitrogen functional groups attached to an aromatic ring is 1. The van der Waals surface area contributed by atoms with Crippen molar-refractivity contribution in [3.05, 3.63) is 54.3 Å². The second-order valence-corrected chi connectivity index (χ2v) is 3.90. The summed E-state index contributed by atoms with van der Waals surface area (Å²) in [7, 11) is 0. The molecule has 0 fully saturated rings. The van der Waals surface area contributed by atoms with Crippen molar-refractivity contribution in [3.63, 3.8) is 0 Å². The largest absolute Gasteiger partial charge is 0.472 e. The Balaban J connectivity index is 1.85. The lowest BCUT2D eigenvalue weighted by Crippen LogP contribution is -1.95. The van der Waals surface area contributed by atoms with Gasteiger partial charge in [0.25, 0.3) is 0 Å². The van der Waals surface area contributed by atoms with E-state index in [9.17, 15) is 0 Å². The molecule has 5 heteroatoms. The summed E-state index contributed by atoms with van der Waals surface area (Å²) in [5.41, 5.74) is 8.36. The molecule has 3 rings (SSSR count). The standard InChI is InChI=1S/C13H11N3O2/c14-11-4-2-1-3-9(11)7-12-15-13(16-18-12)10-5-6-17-8-10/h1-6,8H,7,14H2. The third kappa shape index (κ3) is 1.98. The fraction of sp³-hybridized carbons (Fsp3) is 0.0769. The normalized spacial score (nSPS) is 10.7. The van der Waals surface area contributed by atoms with E-state index in [1.807, 2.05) is 24.3 Å². The van der Waals surface area contributed by atoms with Crippen molar-refractivity contribution >= 4 is 5.69 Å². The fourth-order valence-electron chi connectivity index (χ4n) is 1.69. The van der Waals surface area contributed by atoms with Crippen molar-refractivity contribution < 1.29 is 8.94 Å². The number of furan rings is 1. The van der Waals surface area contributed by atoms with Gasteiger partial charge in [0.1, 0.15) is 6.26 Å². The summed E-state index contributed by atoms with van der Waals surface area (Å²) in [6.07, 6.45) is 3.67. The van der Waals surface area contributed by atoms with Gasteiger partial charge in [-0.3, -0.25) is 0 Å². The van der Waals surface area contributed by atoms with Crippen LogP contribution in [-0.2, 0) is 6.42 Å². The first-order chi connectivity index (χ1) is 8.83. The Bertz CT molecular complexity index is 644. The zero-order chi connectivity index (χ0) is 12.4. The molecule has 18 heavy (non-hydrogen) atoms. The molecule has 0 bridgehead atoms. The smallest absolute Gasteiger partial charge is 0.231 e. The minimum Gasteiger partial charge on any atom is -0.472 e. The van der Waals surface area contributed by atoms with Crippen molar-refractivity contribution in [2.75, 3.05) is 5.73 Å². The van der Waals surface area contributed by atoms with Gasteiger partial charge in [0.2, 0.25) is 11.7 Å². The lowest BCUT2D eigenvalue weighted by Gasteiger charge is -2.00. The second kappa shape index (κ2) is 4.37. The summed E-state index contributed by atoms with van der Waals surface area (Å²) in [6.45, 7) is 0. The van der Waals surface area contributed by atoms with E-state index in [2.05, 4.69) is 10.1 Å². The van der Waals surface area contributed by atoms with Crippen molar-refractivity contribution in [1.82, 2.24) is 10.1 Å². The van der Waals surface area contributed by atoms with Crippen LogP contribution < -0.4 is 5.73 Å². The van der Waals surface area contributed by atoms with Gasteiger partial charge in [-0.25, -0.2) is 0 Å². The quantitative estimate of drug-likeness (QED) is 0.713. The zero-order valence-corrected chi connectivity index (χ0v) is 9.54. The molecule has 3 aromatic rings. The Morgan fingerprint density at radius 1 is 1.17 bits per heavy atom. The Labute approximate surface area is 103 Å². The summed E-state index contributed by atoms with van der Waals surface area (Å²) >= 11 is 0. The number of para-hydroxylation sites is 1. The number of benzene rings is 1. The van der Waals surface area contributed by atoms with Gasteiger partial charge in [-0.15, -0.1) is 0 Å². The van der Waals surface area contributed by atoms with Crippen molar-refractivity contribution in [2.24, 2.45) is 0 Å². The van der Waals surface area contributed by atoms with Crippen LogP contribution in [0.25, 0.3) is 11.4 Å². The van der Waals surface area contributed by atoms with Crippen LogP contribution in [0, 0.1) is 0 Å². The molecular weight excluding hydrogens is 230 g/mol. The number of hydrogen-bond donors (Lipinski definition) is 1. The molecule has 0 aliphatic heterocycles. The highest BCUT2D eigenvalue weighted by Gasteiger charge is 2.10. The Kier molecular flexibility index (Phi) is 2.57. The van der Waals surface area contributed by atoms with E-state index in [0.717, 1.165) is 16.8 Å². The van der Waals surface area contributed by atoms with Crippen molar-refractivity contribution in [3.8, 4) is 11.4 Å². The van der Waals surface area contributed by atoms with Gasteiger partial charge in [-0.2, -0.15) is 4.98 Å². The molecule has 2 N–H and O–H groups in total. The first-order valence-electron chi connectivity index (χ1n) is 5.51. The summed E-state index contributed by atoms with van der Waals surface area (Å²) < 4.78 is 10.2. The lowest BCUT2D eigenvalue weighted by atomic mass is 10.1. The highest BCUT2D eigenvalue weighted by atomic mass is 16.5. The first-order valence-corrected chi connectivity index (χ1v) is 5.51. The fourth-order valence-corrected chi connectivity index (χ4v) is 1.69. The maximum absolute atomic E-state index is 5.86. The average molecular weight is 241 g/mol. The average Bonchev–Trinajstić information content (AvgIpc) is 3.02. The van der Waals surface area contributed by atoms with Gasteiger partial charge in [0.15, 0.2) is 0 Å². The molecule has 5 nitrogen and oxygen atoms in total. The third-order valence-corrected chi connectivity index (χ3v) is 2.64. The van der Waals surface area contributed by atoms with Crippen LogP contribution in [0.5, 0.6) is 0 Å². The number of anilines is 1. The number of aromatic nitrogens is 2. The molecule has 0 saturated carbocycles. The molecular formula is C13H11N3O2. The van der Waals surface area contributed by atoms with Crippen molar-refractivity contribution in [2.45, 2.75) is 6.42 Å². The van der Waals surface area contributed by atoms with Gasteiger partial charge in [0, 0.05) is 5.69 Å². The van der Waals surface area contributed by atoms with E-state index in [1.165, 1.54) is 0 Å². The lowest BCUT2D eigenvalue weighted by molar-refractivity contribution is 0.386. The van der Waals surface area contributed by atoms with E-state index in [-0.39, 0.29) is 0 Å². The van der Waals surface area contributed by atoms with Crippen LogP contribution in [0.4, 0.5) is 5.69 Å². The molecule has 0 unspecified atom stereocenters. The molecule has 0 aliphatic carbocycles. The highest BCUT2D eigenvalue weighted by molar-refractivity contribution is 5.52. The second-order valence-electron chi connectivity index (χ2n) is 3.90. The number of rotatable bonds is 3. The van der Waals surface area contributed by atoms with Crippen LogP contribution >= 0.6 is 0 Å². The molecule has 0 aliphatic rings. The Morgan fingerprint density at radius 2 is 2.06 bits per heavy atom. The summed E-state index contributed by atoms with van der Waals surface area (Å²) in [6, 6.07) is 9.40. The minimum absolute atomic E-state index is 0.522.